The summed E-state index contributed by atoms with van der Waals surface area (Å²) in [5, 5.41) is 2.46. The number of rotatable bonds is 5. The molecule has 2 aromatic rings. The Morgan fingerprint density at radius 1 is 1.00 bits per heavy atom. The first-order chi connectivity index (χ1) is 13.0. The Labute approximate surface area is 166 Å². The molecule has 0 radical (unpaired) electrons. The van der Waals surface area contributed by atoms with E-state index in [2.05, 4.69) is 0 Å². The summed E-state index contributed by atoms with van der Waals surface area (Å²) in [6.45, 7) is 1.53. The Balaban J connectivity index is 1.41. The number of carbonyl (C=O) groups is 3. The van der Waals surface area contributed by atoms with Crippen LogP contribution in [0.5, 0.6) is 0 Å². The number of hydrogen-bond acceptors (Lipinski definition) is 5. The van der Waals surface area contributed by atoms with E-state index < -0.39 is 5.97 Å². The van der Waals surface area contributed by atoms with Gasteiger partial charge in [-0.15, -0.1) is 11.3 Å². The van der Waals surface area contributed by atoms with Crippen LogP contribution >= 0.6 is 22.9 Å². The second-order valence-electron chi connectivity index (χ2n) is 6.11. The molecule has 3 rings (SSSR count). The Kier molecular flexibility index (Phi) is 6.47. The summed E-state index contributed by atoms with van der Waals surface area (Å²) in [4.78, 5) is 40.5. The van der Waals surface area contributed by atoms with Crippen molar-refractivity contribution in [3.05, 3.63) is 57.2 Å². The zero-order valence-electron chi connectivity index (χ0n) is 14.6. The molecule has 0 N–H and O–H groups in total. The van der Waals surface area contributed by atoms with Crippen LogP contribution in [0.3, 0.4) is 0 Å². The fraction of sp³-hybridized carbons (Fsp3) is 0.316. The normalized spacial score (nSPS) is 14.1. The molecule has 1 fully saturated rings. The number of carbonyl (C=O) groups excluding carboxylic acids is 3. The maximum atomic E-state index is 12.3. The van der Waals surface area contributed by atoms with Crippen LogP contribution in [0.2, 0.25) is 5.02 Å². The van der Waals surface area contributed by atoms with Crippen LogP contribution in [0.1, 0.15) is 15.2 Å². The van der Waals surface area contributed by atoms with Gasteiger partial charge >= 0.3 is 5.97 Å². The van der Waals surface area contributed by atoms with Gasteiger partial charge in [-0.05, 0) is 29.1 Å². The molecule has 1 aliphatic rings. The van der Waals surface area contributed by atoms with Gasteiger partial charge in [0.15, 0.2) is 6.61 Å². The fourth-order valence-corrected chi connectivity index (χ4v) is 3.59. The number of thiophene rings is 1. The van der Waals surface area contributed by atoms with Crippen molar-refractivity contribution in [1.29, 1.82) is 0 Å². The molecule has 0 aliphatic carbocycles. The van der Waals surface area contributed by atoms with Crippen molar-refractivity contribution in [2.24, 2.45) is 0 Å². The van der Waals surface area contributed by atoms with Gasteiger partial charge in [-0.3, -0.25) is 14.4 Å². The van der Waals surface area contributed by atoms with Crippen LogP contribution in [-0.4, -0.2) is 60.4 Å². The minimum Gasteiger partial charge on any atom is -0.455 e. The number of halogens is 1. The van der Waals surface area contributed by atoms with E-state index in [4.69, 9.17) is 16.3 Å². The lowest BCUT2D eigenvalue weighted by Gasteiger charge is -2.34. The minimum absolute atomic E-state index is 0.00788. The van der Waals surface area contributed by atoms with Crippen molar-refractivity contribution in [2.45, 2.75) is 6.42 Å². The third-order valence-corrected chi connectivity index (χ3v) is 5.38. The molecule has 1 saturated heterocycles. The highest BCUT2D eigenvalue weighted by Crippen LogP contribution is 2.14. The van der Waals surface area contributed by atoms with E-state index in [9.17, 15) is 14.4 Å². The molecule has 1 aromatic heterocycles. The standard InChI is InChI=1S/C19H19ClN2O4S/c20-15-5-3-14(4-6-15)12-18(24)26-13-17(23)21-7-9-22(10-8-21)19(25)16-2-1-11-27-16/h1-6,11H,7-10,12-13H2. The highest BCUT2D eigenvalue weighted by molar-refractivity contribution is 7.12. The van der Waals surface area contributed by atoms with Crippen LogP contribution in [0.25, 0.3) is 0 Å². The number of ether oxygens (including phenoxy) is 1. The molecule has 0 bridgehead atoms. The van der Waals surface area contributed by atoms with E-state index in [0.29, 0.717) is 36.1 Å². The number of amides is 2. The summed E-state index contributed by atoms with van der Waals surface area (Å²) in [6.07, 6.45) is 0.0908. The lowest BCUT2D eigenvalue weighted by atomic mass is 10.1. The zero-order valence-corrected chi connectivity index (χ0v) is 16.2. The first-order valence-electron chi connectivity index (χ1n) is 8.53. The number of benzene rings is 1. The minimum atomic E-state index is -0.461. The molecular formula is C19H19ClN2O4S. The van der Waals surface area contributed by atoms with Crippen molar-refractivity contribution in [1.82, 2.24) is 9.80 Å². The molecule has 0 atom stereocenters. The number of esters is 1. The largest absolute Gasteiger partial charge is 0.455 e. The second-order valence-corrected chi connectivity index (χ2v) is 7.50. The molecule has 2 amide bonds. The van der Waals surface area contributed by atoms with Gasteiger partial charge in [0.1, 0.15) is 0 Å². The molecule has 0 saturated carbocycles. The average Bonchev–Trinajstić information content (AvgIpc) is 3.22. The Morgan fingerprint density at radius 2 is 1.67 bits per heavy atom. The lowest BCUT2D eigenvalue weighted by Crippen LogP contribution is -2.51. The summed E-state index contributed by atoms with van der Waals surface area (Å²) >= 11 is 7.21. The smallest absolute Gasteiger partial charge is 0.310 e. The monoisotopic (exact) mass is 406 g/mol. The summed E-state index contributed by atoms with van der Waals surface area (Å²) < 4.78 is 5.08. The van der Waals surface area contributed by atoms with Gasteiger partial charge in [0.05, 0.1) is 11.3 Å². The van der Waals surface area contributed by atoms with Gasteiger partial charge in [0, 0.05) is 31.2 Å². The first-order valence-corrected chi connectivity index (χ1v) is 9.79. The maximum absolute atomic E-state index is 12.3. The van der Waals surface area contributed by atoms with Gasteiger partial charge in [-0.25, -0.2) is 0 Å². The predicted octanol–water partition coefficient (Wildman–Crippen LogP) is 2.47. The highest BCUT2D eigenvalue weighted by atomic mass is 35.5. The fourth-order valence-electron chi connectivity index (χ4n) is 2.77. The van der Waals surface area contributed by atoms with Crippen molar-refractivity contribution < 1.29 is 19.1 Å². The van der Waals surface area contributed by atoms with E-state index in [1.807, 2.05) is 11.4 Å². The number of hydrogen-bond donors (Lipinski definition) is 0. The molecule has 142 valence electrons. The zero-order chi connectivity index (χ0) is 19.2. The van der Waals surface area contributed by atoms with E-state index in [1.54, 1.807) is 40.1 Å². The Bertz CT molecular complexity index is 800. The van der Waals surface area contributed by atoms with Gasteiger partial charge in [0.2, 0.25) is 0 Å². The van der Waals surface area contributed by atoms with Crippen molar-refractivity contribution in [2.75, 3.05) is 32.8 Å². The van der Waals surface area contributed by atoms with Crippen molar-refractivity contribution in [3.63, 3.8) is 0 Å². The second kappa shape index (κ2) is 9.01. The molecule has 1 aliphatic heterocycles. The van der Waals surface area contributed by atoms with E-state index in [-0.39, 0.29) is 24.8 Å². The van der Waals surface area contributed by atoms with Crippen LogP contribution in [0.4, 0.5) is 0 Å². The molecule has 8 heteroatoms. The molecule has 1 aromatic carbocycles. The average molecular weight is 407 g/mol. The summed E-state index contributed by atoms with van der Waals surface area (Å²) in [7, 11) is 0. The highest BCUT2D eigenvalue weighted by Gasteiger charge is 2.25. The quantitative estimate of drug-likeness (QED) is 0.715. The summed E-state index contributed by atoms with van der Waals surface area (Å²) in [5.41, 5.74) is 0.776. The molecule has 0 unspecified atom stereocenters. The van der Waals surface area contributed by atoms with Gasteiger partial charge < -0.3 is 14.5 Å². The SMILES string of the molecule is O=C(Cc1ccc(Cl)cc1)OCC(=O)N1CCN(C(=O)c2cccs2)CC1. The first kappa shape index (κ1) is 19.4. The van der Waals surface area contributed by atoms with E-state index in [0.717, 1.165) is 5.56 Å². The Hall–Kier alpha value is -2.38. The van der Waals surface area contributed by atoms with Crippen molar-refractivity contribution in [3.8, 4) is 0 Å². The molecule has 27 heavy (non-hydrogen) atoms. The number of piperazine rings is 1. The molecule has 6 nitrogen and oxygen atoms in total. The maximum Gasteiger partial charge on any atom is 0.310 e. The third kappa shape index (κ3) is 5.30. The summed E-state index contributed by atoms with van der Waals surface area (Å²) in [5.74, 6) is -0.716. The van der Waals surface area contributed by atoms with Crippen LogP contribution < -0.4 is 0 Å². The van der Waals surface area contributed by atoms with Crippen LogP contribution in [0, 0.1) is 0 Å². The van der Waals surface area contributed by atoms with Crippen molar-refractivity contribution >= 4 is 40.7 Å². The van der Waals surface area contributed by atoms with E-state index >= 15 is 0 Å². The summed E-state index contributed by atoms with van der Waals surface area (Å²) in [6, 6.07) is 10.5. The van der Waals surface area contributed by atoms with Gasteiger partial charge in [-0.1, -0.05) is 29.8 Å². The van der Waals surface area contributed by atoms with Crippen LogP contribution in [0.15, 0.2) is 41.8 Å². The molecule has 0 spiro atoms. The van der Waals surface area contributed by atoms with Gasteiger partial charge in [0.25, 0.3) is 11.8 Å². The Morgan fingerprint density at radius 3 is 2.30 bits per heavy atom. The predicted molar refractivity (Wildman–Crippen MR) is 103 cm³/mol. The van der Waals surface area contributed by atoms with Crippen LogP contribution in [-0.2, 0) is 20.7 Å². The van der Waals surface area contributed by atoms with E-state index in [1.165, 1.54) is 11.3 Å². The topological polar surface area (TPSA) is 66.9 Å². The lowest BCUT2D eigenvalue weighted by molar-refractivity contribution is -0.152. The third-order valence-electron chi connectivity index (χ3n) is 4.27. The number of nitrogens with zero attached hydrogens (tertiary/aromatic N) is 2. The molecule has 2 heterocycles. The molecular weight excluding hydrogens is 388 g/mol. The van der Waals surface area contributed by atoms with Gasteiger partial charge in [-0.2, -0.15) is 0 Å².